The fourth-order valence-corrected chi connectivity index (χ4v) is 2.30. The minimum absolute atomic E-state index is 0.241. The van der Waals surface area contributed by atoms with Crippen molar-refractivity contribution in [1.82, 2.24) is 0 Å². The molecule has 0 saturated heterocycles. The van der Waals surface area contributed by atoms with E-state index < -0.39 is 0 Å². The third kappa shape index (κ3) is 7.22. The van der Waals surface area contributed by atoms with E-state index in [1.807, 2.05) is 19.1 Å². The Hall–Kier alpha value is -1.02. The molecule has 0 saturated carbocycles. The molecule has 0 bridgehead atoms. The zero-order valence-electron chi connectivity index (χ0n) is 12.5. The summed E-state index contributed by atoms with van der Waals surface area (Å²) in [6, 6.07) is 8.24. The Morgan fingerprint density at radius 1 is 1.00 bits per heavy atom. The van der Waals surface area contributed by atoms with Crippen LogP contribution in [0.5, 0.6) is 5.75 Å². The van der Waals surface area contributed by atoms with Gasteiger partial charge in [0.15, 0.2) is 0 Å². The Bertz CT molecular complexity index is 336. The molecule has 0 heterocycles. The van der Waals surface area contributed by atoms with E-state index in [1.165, 1.54) is 50.5 Å². The zero-order chi connectivity index (χ0) is 13.9. The van der Waals surface area contributed by atoms with Gasteiger partial charge in [-0.2, -0.15) is 0 Å². The number of rotatable bonds is 10. The van der Waals surface area contributed by atoms with Gasteiger partial charge in [0.1, 0.15) is 12.0 Å². The Labute approximate surface area is 118 Å². The maximum absolute atomic E-state index is 5.69. The van der Waals surface area contributed by atoms with Gasteiger partial charge in [-0.25, -0.2) is 0 Å². The van der Waals surface area contributed by atoms with Gasteiger partial charge in [-0.1, -0.05) is 63.6 Å². The lowest BCUT2D eigenvalue weighted by Crippen LogP contribution is -2.23. The van der Waals surface area contributed by atoms with Gasteiger partial charge in [-0.15, -0.1) is 0 Å². The van der Waals surface area contributed by atoms with E-state index in [2.05, 4.69) is 19.1 Å². The smallest absolute Gasteiger partial charge is 0.144 e. The Balaban J connectivity index is 2.25. The third-order valence-corrected chi connectivity index (χ3v) is 3.34. The lowest BCUT2D eigenvalue weighted by atomic mass is 10.0. The van der Waals surface area contributed by atoms with Crippen LogP contribution >= 0.6 is 0 Å². The summed E-state index contributed by atoms with van der Waals surface area (Å²) in [5.74, 6) is 0.948. The molecule has 1 rings (SSSR count). The summed E-state index contributed by atoms with van der Waals surface area (Å²) < 4.78 is 5.63. The van der Waals surface area contributed by atoms with E-state index in [1.54, 1.807) is 0 Å². The van der Waals surface area contributed by atoms with Crippen LogP contribution < -0.4 is 10.5 Å². The lowest BCUT2D eigenvalue weighted by molar-refractivity contribution is 0.227. The molecule has 1 aromatic rings. The predicted octanol–water partition coefficient (Wildman–Crippen LogP) is 4.66. The molecular weight excluding hydrogens is 234 g/mol. The SMILES string of the molecule is CCCCCCCCCc1ccccc1OC(C)N. The average Bonchev–Trinajstić information content (AvgIpc) is 2.39. The first kappa shape index (κ1) is 16.0. The second-order valence-electron chi connectivity index (χ2n) is 5.30. The molecule has 0 aliphatic rings. The van der Waals surface area contributed by atoms with Crippen LogP contribution in [0, 0.1) is 0 Å². The van der Waals surface area contributed by atoms with Crippen LogP contribution in [0.25, 0.3) is 0 Å². The molecule has 108 valence electrons. The Morgan fingerprint density at radius 2 is 1.63 bits per heavy atom. The van der Waals surface area contributed by atoms with E-state index in [4.69, 9.17) is 10.5 Å². The van der Waals surface area contributed by atoms with E-state index in [-0.39, 0.29) is 6.23 Å². The standard InChI is InChI=1S/C17H29NO/c1-3-4-5-6-7-8-9-12-16-13-10-11-14-17(16)19-15(2)18/h10-11,13-15H,3-9,12,18H2,1-2H3. The van der Waals surface area contributed by atoms with Gasteiger partial charge in [-0.3, -0.25) is 5.73 Å². The molecule has 2 heteroatoms. The molecule has 1 aromatic carbocycles. The summed E-state index contributed by atoms with van der Waals surface area (Å²) >= 11 is 0. The molecule has 0 fully saturated rings. The number of ether oxygens (including phenoxy) is 1. The van der Waals surface area contributed by atoms with Gasteiger partial charge in [0.25, 0.3) is 0 Å². The highest BCUT2D eigenvalue weighted by atomic mass is 16.5. The van der Waals surface area contributed by atoms with Crippen molar-refractivity contribution in [3.63, 3.8) is 0 Å². The molecule has 1 atom stereocenters. The van der Waals surface area contributed by atoms with Crippen molar-refractivity contribution in [1.29, 1.82) is 0 Å². The second-order valence-corrected chi connectivity index (χ2v) is 5.30. The summed E-state index contributed by atoms with van der Waals surface area (Å²) in [6.07, 6.45) is 10.2. The fourth-order valence-electron chi connectivity index (χ4n) is 2.30. The number of hydrogen-bond acceptors (Lipinski definition) is 2. The molecule has 0 amide bonds. The van der Waals surface area contributed by atoms with Crippen LogP contribution in [0.1, 0.15) is 64.4 Å². The largest absolute Gasteiger partial charge is 0.476 e. The Morgan fingerprint density at radius 3 is 2.32 bits per heavy atom. The molecule has 2 nitrogen and oxygen atoms in total. The number of hydrogen-bond donors (Lipinski definition) is 1. The van der Waals surface area contributed by atoms with E-state index in [0.29, 0.717) is 0 Å². The van der Waals surface area contributed by atoms with E-state index >= 15 is 0 Å². The summed E-state index contributed by atoms with van der Waals surface area (Å²) in [6.45, 7) is 4.12. The quantitative estimate of drug-likeness (QED) is 0.492. The molecule has 0 aliphatic carbocycles. The van der Waals surface area contributed by atoms with Gasteiger partial charge >= 0.3 is 0 Å². The molecule has 1 unspecified atom stereocenters. The first-order valence-corrected chi connectivity index (χ1v) is 7.74. The van der Waals surface area contributed by atoms with Gasteiger partial charge in [0.2, 0.25) is 0 Å². The van der Waals surface area contributed by atoms with Crippen molar-refractivity contribution < 1.29 is 4.74 Å². The third-order valence-electron chi connectivity index (χ3n) is 3.34. The maximum Gasteiger partial charge on any atom is 0.144 e. The first-order valence-electron chi connectivity index (χ1n) is 7.74. The minimum atomic E-state index is -0.241. The monoisotopic (exact) mass is 263 g/mol. The van der Waals surface area contributed by atoms with Crippen LogP contribution in [0.15, 0.2) is 24.3 Å². The summed E-state index contributed by atoms with van der Waals surface area (Å²) in [7, 11) is 0. The van der Waals surface area contributed by atoms with Crippen LogP contribution in [0.3, 0.4) is 0 Å². The number of nitrogens with two attached hydrogens (primary N) is 1. The number of para-hydroxylation sites is 1. The second kappa shape index (κ2) is 9.85. The molecular formula is C17H29NO. The zero-order valence-corrected chi connectivity index (χ0v) is 12.5. The molecule has 0 spiro atoms. The van der Waals surface area contributed by atoms with Crippen molar-refractivity contribution in [3.05, 3.63) is 29.8 Å². The highest BCUT2D eigenvalue weighted by Gasteiger charge is 2.04. The van der Waals surface area contributed by atoms with Crippen molar-refractivity contribution in [2.24, 2.45) is 5.73 Å². The van der Waals surface area contributed by atoms with Crippen LogP contribution in [0.2, 0.25) is 0 Å². The number of unbranched alkanes of at least 4 members (excludes halogenated alkanes) is 6. The normalized spacial score (nSPS) is 12.4. The van der Waals surface area contributed by atoms with Crippen molar-refractivity contribution in [3.8, 4) is 5.75 Å². The highest BCUT2D eigenvalue weighted by Crippen LogP contribution is 2.21. The molecule has 2 N–H and O–H groups in total. The molecule has 0 aliphatic heterocycles. The predicted molar refractivity (Wildman–Crippen MR) is 82.4 cm³/mol. The van der Waals surface area contributed by atoms with Gasteiger partial charge in [-0.05, 0) is 31.4 Å². The van der Waals surface area contributed by atoms with Crippen molar-refractivity contribution in [2.45, 2.75) is 71.4 Å². The fraction of sp³-hybridized carbons (Fsp3) is 0.647. The summed E-state index contributed by atoms with van der Waals surface area (Å²) in [5, 5.41) is 0. The average molecular weight is 263 g/mol. The summed E-state index contributed by atoms with van der Waals surface area (Å²) in [5.41, 5.74) is 6.98. The minimum Gasteiger partial charge on any atom is -0.476 e. The van der Waals surface area contributed by atoms with Crippen LogP contribution in [-0.4, -0.2) is 6.23 Å². The van der Waals surface area contributed by atoms with Crippen LogP contribution in [0.4, 0.5) is 0 Å². The molecule has 0 aromatic heterocycles. The van der Waals surface area contributed by atoms with Crippen molar-refractivity contribution in [2.75, 3.05) is 0 Å². The topological polar surface area (TPSA) is 35.2 Å². The number of benzene rings is 1. The molecule has 19 heavy (non-hydrogen) atoms. The van der Waals surface area contributed by atoms with E-state index in [9.17, 15) is 0 Å². The van der Waals surface area contributed by atoms with Crippen molar-refractivity contribution >= 4 is 0 Å². The van der Waals surface area contributed by atoms with Crippen LogP contribution in [-0.2, 0) is 6.42 Å². The van der Waals surface area contributed by atoms with Gasteiger partial charge in [0.05, 0.1) is 0 Å². The number of aryl methyl sites for hydroxylation is 1. The maximum atomic E-state index is 5.69. The van der Waals surface area contributed by atoms with Gasteiger partial charge in [0, 0.05) is 0 Å². The molecule has 0 radical (unpaired) electrons. The van der Waals surface area contributed by atoms with E-state index in [0.717, 1.165) is 12.2 Å². The first-order chi connectivity index (χ1) is 9.24. The van der Waals surface area contributed by atoms with Gasteiger partial charge < -0.3 is 4.74 Å². The highest BCUT2D eigenvalue weighted by molar-refractivity contribution is 5.33. The lowest BCUT2D eigenvalue weighted by Gasteiger charge is -2.13. The Kier molecular flexibility index (Phi) is 8.31. The summed E-state index contributed by atoms with van der Waals surface area (Å²) in [4.78, 5) is 0.